The number of hydrogen-bond donors (Lipinski definition) is 1. The van der Waals surface area contributed by atoms with E-state index in [0.29, 0.717) is 11.1 Å². The minimum Gasteiger partial charge on any atom is -0.461 e. The summed E-state index contributed by atoms with van der Waals surface area (Å²) >= 11 is 9.52. The Balaban J connectivity index is 2.26. The molecule has 0 fully saturated rings. The maximum atomic E-state index is 6.01. The van der Waals surface area contributed by atoms with Gasteiger partial charge < -0.3 is 9.73 Å². The highest BCUT2D eigenvalue weighted by Crippen LogP contribution is 2.32. The second-order valence-electron chi connectivity index (χ2n) is 4.28. The molecule has 0 saturated carbocycles. The smallest absolute Gasteiger partial charge is 0.135 e. The maximum absolute atomic E-state index is 6.01. The van der Waals surface area contributed by atoms with Gasteiger partial charge in [0.25, 0.3) is 0 Å². The van der Waals surface area contributed by atoms with E-state index in [4.69, 9.17) is 16.0 Å². The molecule has 96 valence electrons. The standard InChI is InChI=1S/C14H15BrClNO/c1-9(17-2)7-11-4-6-14(18-11)12-8-10(16)3-5-13(12)15/h3-6,8-9,17H,7H2,1-2H3. The van der Waals surface area contributed by atoms with Crippen molar-refractivity contribution in [2.45, 2.75) is 19.4 Å². The van der Waals surface area contributed by atoms with Crippen LogP contribution in [0.4, 0.5) is 0 Å². The van der Waals surface area contributed by atoms with Crippen LogP contribution in [0.1, 0.15) is 12.7 Å². The van der Waals surface area contributed by atoms with Gasteiger partial charge in [-0.3, -0.25) is 0 Å². The van der Waals surface area contributed by atoms with Crippen LogP contribution in [0.25, 0.3) is 11.3 Å². The molecule has 1 aromatic carbocycles. The van der Waals surface area contributed by atoms with E-state index in [-0.39, 0.29) is 0 Å². The second kappa shape index (κ2) is 5.91. The van der Waals surface area contributed by atoms with Crippen LogP contribution in [0.2, 0.25) is 5.02 Å². The van der Waals surface area contributed by atoms with Crippen LogP contribution in [-0.2, 0) is 6.42 Å². The summed E-state index contributed by atoms with van der Waals surface area (Å²) in [6.07, 6.45) is 0.870. The third kappa shape index (κ3) is 3.16. The van der Waals surface area contributed by atoms with Crippen LogP contribution < -0.4 is 5.32 Å². The van der Waals surface area contributed by atoms with Crippen molar-refractivity contribution in [3.63, 3.8) is 0 Å². The van der Waals surface area contributed by atoms with Crippen LogP contribution in [0.15, 0.2) is 39.2 Å². The van der Waals surface area contributed by atoms with E-state index in [9.17, 15) is 0 Å². The number of halogens is 2. The Morgan fingerprint density at radius 3 is 2.83 bits per heavy atom. The van der Waals surface area contributed by atoms with Gasteiger partial charge >= 0.3 is 0 Å². The molecule has 0 aliphatic carbocycles. The minimum absolute atomic E-state index is 0.395. The van der Waals surface area contributed by atoms with Crippen molar-refractivity contribution in [1.82, 2.24) is 5.32 Å². The third-order valence-electron chi connectivity index (χ3n) is 2.86. The first kappa shape index (κ1) is 13.7. The number of rotatable bonds is 4. The zero-order valence-corrected chi connectivity index (χ0v) is 12.7. The number of nitrogens with one attached hydrogen (secondary N) is 1. The molecule has 0 radical (unpaired) electrons. The van der Waals surface area contributed by atoms with E-state index >= 15 is 0 Å². The summed E-state index contributed by atoms with van der Waals surface area (Å²) in [7, 11) is 1.95. The summed E-state index contributed by atoms with van der Waals surface area (Å²) in [5, 5.41) is 3.90. The van der Waals surface area contributed by atoms with Crippen molar-refractivity contribution >= 4 is 27.5 Å². The van der Waals surface area contributed by atoms with Crippen LogP contribution in [0.5, 0.6) is 0 Å². The molecule has 1 N–H and O–H groups in total. The van der Waals surface area contributed by atoms with Crippen molar-refractivity contribution in [3.8, 4) is 11.3 Å². The Kier molecular flexibility index (Phi) is 4.49. The van der Waals surface area contributed by atoms with E-state index in [0.717, 1.165) is 28.0 Å². The molecule has 0 saturated heterocycles. The quantitative estimate of drug-likeness (QED) is 0.893. The van der Waals surface area contributed by atoms with E-state index < -0.39 is 0 Å². The highest BCUT2D eigenvalue weighted by Gasteiger charge is 2.10. The Hall–Kier alpha value is -0.770. The van der Waals surface area contributed by atoms with Gasteiger partial charge in [0, 0.05) is 27.5 Å². The van der Waals surface area contributed by atoms with E-state index in [1.807, 2.05) is 37.4 Å². The summed E-state index contributed by atoms with van der Waals surface area (Å²) in [6.45, 7) is 2.12. The van der Waals surface area contributed by atoms with Gasteiger partial charge in [0.2, 0.25) is 0 Å². The van der Waals surface area contributed by atoms with E-state index in [2.05, 4.69) is 28.2 Å². The van der Waals surface area contributed by atoms with Crippen molar-refractivity contribution in [1.29, 1.82) is 0 Å². The zero-order valence-electron chi connectivity index (χ0n) is 10.3. The Morgan fingerprint density at radius 2 is 2.11 bits per heavy atom. The molecular formula is C14H15BrClNO. The van der Waals surface area contributed by atoms with Gasteiger partial charge in [0.1, 0.15) is 11.5 Å². The summed E-state index contributed by atoms with van der Waals surface area (Å²) in [5.74, 6) is 1.81. The lowest BCUT2D eigenvalue weighted by Gasteiger charge is -2.07. The lowest BCUT2D eigenvalue weighted by Crippen LogP contribution is -2.23. The predicted octanol–water partition coefficient (Wildman–Crippen LogP) is 4.51. The number of benzene rings is 1. The average molecular weight is 329 g/mol. The fourth-order valence-electron chi connectivity index (χ4n) is 1.72. The molecule has 1 heterocycles. The zero-order chi connectivity index (χ0) is 13.1. The monoisotopic (exact) mass is 327 g/mol. The highest BCUT2D eigenvalue weighted by molar-refractivity contribution is 9.10. The molecule has 0 aliphatic heterocycles. The average Bonchev–Trinajstić information content (AvgIpc) is 2.80. The van der Waals surface area contributed by atoms with Gasteiger partial charge in [-0.25, -0.2) is 0 Å². The summed E-state index contributed by atoms with van der Waals surface area (Å²) in [4.78, 5) is 0. The maximum Gasteiger partial charge on any atom is 0.135 e. The molecule has 0 aliphatic rings. The van der Waals surface area contributed by atoms with Gasteiger partial charge in [-0.1, -0.05) is 27.5 Å². The predicted molar refractivity (Wildman–Crippen MR) is 79.1 cm³/mol. The molecule has 2 nitrogen and oxygen atoms in total. The largest absolute Gasteiger partial charge is 0.461 e. The molecule has 1 aromatic heterocycles. The molecule has 4 heteroatoms. The molecule has 0 spiro atoms. The Bertz CT molecular complexity index is 538. The van der Waals surface area contributed by atoms with Crippen molar-refractivity contribution in [2.75, 3.05) is 7.05 Å². The Morgan fingerprint density at radius 1 is 1.33 bits per heavy atom. The molecule has 1 unspecified atom stereocenters. The first-order valence-electron chi connectivity index (χ1n) is 5.81. The van der Waals surface area contributed by atoms with Gasteiger partial charge in [-0.2, -0.15) is 0 Å². The topological polar surface area (TPSA) is 25.2 Å². The fourth-order valence-corrected chi connectivity index (χ4v) is 2.34. The summed E-state index contributed by atoms with van der Waals surface area (Å²) < 4.78 is 6.83. The molecule has 0 bridgehead atoms. The molecule has 1 atom stereocenters. The normalized spacial score (nSPS) is 12.7. The second-order valence-corrected chi connectivity index (χ2v) is 5.57. The lowest BCUT2D eigenvalue weighted by molar-refractivity contribution is 0.481. The number of hydrogen-bond acceptors (Lipinski definition) is 2. The van der Waals surface area contributed by atoms with Crippen LogP contribution in [0.3, 0.4) is 0 Å². The van der Waals surface area contributed by atoms with Crippen LogP contribution in [0, 0.1) is 0 Å². The third-order valence-corrected chi connectivity index (χ3v) is 3.78. The van der Waals surface area contributed by atoms with Crippen LogP contribution >= 0.6 is 27.5 Å². The minimum atomic E-state index is 0.395. The molecule has 2 rings (SSSR count). The van der Waals surface area contributed by atoms with E-state index in [1.54, 1.807) is 0 Å². The van der Waals surface area contributed by atoms with Crippen LogP contribution in [-0.4, -0.2) is 13.1 Å². The van der Waals surface area contributed by atoms with Crippen molar-refractivity contribution < 1.29 is 4.42 Å². The summed E-state index contributed by atoms with van der Waals surface area (Å²) in [6, 6.07) is 10.1. The lowest BCUT2D eigenvalue weighted by atomic mass is 10.2. The van der Waals surface area contributed by atoms with Gasteiger partial charge in [0.15, 0.2) is 0 Å². The molecule has 2 aromatic rings. The molecular weight excluding hydrogens is 314 g/mol. The molecule has 0 amide bonds. The SMILES string of the molecule is CNC(C)Cc1ccc(-c2cc(Cl)ccc2Br)o1. The molecule has 18 heavy (non-hydrogen) atoms. The first-order chi connectivity index (χ1) is 8.60. The van der Waals surface area contributed by atoms with E-state index in [1.165, 1.54) is 0 Å². The number of furan rings is 1. The first-order valence-corrected chi connectivity index (χ1v) is 6.98. The fraction of sp³-hybridized carbons (Fsp3) is 0.286. The number of likely N-dealkylation sites (N-methyl/N-ethyl adjacent to an activating group) is 1. The highest BCUT2D eigenvalue weighted by atomic mass is 79.9. The van der Waals surface area contributed by atoms with Gasteiger partial charge in [-0.05, 0) is 44.3 Å². The van der Waals surface area contributed by atoms with Gasteiger partial charge in [-0.15, -0.1) is 0 Å². The van der Waals surface area contributed by atoms with Crippen molar-refractivity contribution in [2.24, 2.45) is 0 Å². The van der Waals surface area contributed by atoms with Gasteiger partial charge in [0.05, 0.1) is 0 Å². The van der Waals surface area contributed by atoms with Crippen molar-refractivity contribution in [3.05, 3.63) is 45.6 Å². The Labute approximate surface area is 120 Å². The summed E-state index contributed by atoms with van der Waals surface area (Å²) in [5.41, 5.74) is 0.978.